The first-order valence-electron chi connectivity index (χ1n) is 6.21. The molecule has 116 valence electrons. The fourth-order valence-corrected chi connectivity index (χ4v) is 2.86. The Kier molecular flexibility index (Phi) is 4.32. The Labute approximate surface area is 127 Å². The van der Waals surface area contributed by atoms with Gasteiger partial charge in [0.25, 0.3) is 10.0 Å². The number of aromatic carboxylic acids is 1. The third kappa shape index (κ3) is 3.34. The van der Waals surface area contributed by atoms with Crippen LogP contribution in [0.1, 0.15) is 16.1 Å². The van der Waals surface area contributed by atoms with Gasteiger partial charge in [-0.25, -0.2) is 9.78 Å². The molecule has 8 heteroatoms. The van der Waals surface area contributed by atoms with Crippen LogP contribution in [0.2, 0.25) is 0 Å². The van der Waals surface area contributed by atoms with Crippen LogP contribution in [-0.4, -0.2) is 31.6 Å². The first kappa shape index (κ1) is 15.8. The van der Waals surface area contributed by atoms with Crippen LogP contribution in [0.25, 0.3) is 0 Å². The molecule has 0 amide bonds. The van der Waals surface area contributed by atoms with Crippen LogP contribution in [0.3, 0.4) is 0 Å². The maximum Gasteiger partial charge on any atom is 0.335 e. The number of hydrogen-bond donors (Lipinski definition) is 2. The number of rotatable bonds is 5. The minimum absolute atomic E-state index is 0.00604. The van der Waals surface area contributed by atoms with Gasteiger partial charge in [0.1, 0.15) is 5.75 Å². The smallest absolute Gasteiger partial charge is 0.335 e. The molecule has 0 spiro atoms. The Morgan fingerprint density at radius 2 is 2.00 bits per heavy atom. The lowest BCUT2D eigenvalue weighted by atomic mass is 10.2. The zero-order valence-corrected chi connectivity index (χ0v) is 12.7. The van der Waals surface area contributed by atoms with E-state index in [2.05, 4.69) is 9.71 Å². The van der Waals surface area contributed by atoms with E-state index < -0.39 is 16.0 Å². The number of benzene rings is 1. The van der Waals surface area contributed by atoms with Crippen molar-refractivity contribution < 1.29 is 23.1 Å². The average molecular weight is 322 g/mol. The number of aromatic nitrogens is 1. The van der Waals surface area contributed by atoms with E-state index in [1.165, 1.54) is 31.4 Å². The van der Waals surface area contributed by atoms with Crippen molar-refractivity contribution in [2.75, 3.05) is 11.8 Å². The van der Waals surface area contributed by atoms with Crippen molar-refractivity contribution in [3.05, 3.63) is 47.7 Å². The SMILES string of the molecule is COc1cc(C(=O)O)ccc1NS(=O)(=O)c1cccc(C)n1. The molecule has 1 heterocycles. The van der Waals surface area contributed by atoms with E-state index in [9.17, 15) is 13.2 Å². The maximum absolute atomic E-state index is 12.3. The van der Waals surface area contributed by atoms with E-state index in [0.29, 0.717) is 5.69 Å². The molecule has 0 atom stereocenters. The van der Waals surface area contributed by atoms with Crippen LogP contribution in [0.15, 0.2) is 41.4 Å². The summed E-state index contributed by atoms with van der Waals surface area (Å²) in [5.41, 5.74) is 0.695. The molecule has 0 radical (unpaired) electrons. The zero-order valence-electron chi connectivity index (χ0n) is 11.9. The van der Waals surface area contributed by atoms with E-state index in [1.54, 1.807) is 19.1 Å². The van der Waals surface area contributed by atoms with Crippen molar-refractivity contribution in [1.29, 1.82) is 0 Å². The number of nitrogens with one attached hydrogen (secondary N) is 1. The molecule has 0 saturated carbocycles. The van der Waals surface area contributed by atoms with E-state index in [1.807, 2.05) is 0 Å². The quantitative estimate of drug-likeness (QED) is 0.871. The highest BCUT2D eigenvalue weighted by Crippen LogP contribution is 2.27. The van der Waals surface area contributed by atoms with Crippen LogP contribution in [-0.2, 0) is 10.0 Å². The number of carboxylic acid groups (broad SMARTS) is 1. The summed E-state index contributed by atoms with van der Waals surface area (Å²) in [6.45, 7) is 1.68. The number of carboxylic acids is 1. The van der Waals surface area contributed by atoms with Crippen molar-refractivity contribution in [1.82, 2.24) is 4.98 Å². The number of pyridine rings is 1. The van der Waals surface area contributed by atoms with Gasteiger partial charge in [-0.15, -0.1) is 0 Å². The molecule has 0 bridgehead atoms. The average Bonchev–Trinajstić information content (AvgIpc) is 2.47. The number of nitrogens with zero attached hydrogens (tertiary/aromatic N) is 1. The van der Waals surface area contributed by atoms with Gasteiger partial charge in [0.15, 0.2) is 5.03 Å². The van der Waals surface area contributed by atoms with Crippen LogP contribution < -0.4 is 9.46 Å². The summed E-state index contributed by atoms with van der Waals surface area (Å²) in [4.78, 5) is 14.9. The highest BCUT2D eigenvalue weighted by molar-refractivity contribution is 7.92. The molecule has 2 rings (SSSR count). The molecule has 2 aromatic rings. The second kappa shape index (κ2) is 6.02. The lowest BCUT2D eigenvalue weighted by Gasteiger charge is -2.12. The Morgan fingerprint density at radius 1 is 1.27 bits per heavy atom. The summed E-state index contributed by atoms with van der Waals surface area (Å²) < 4.78 is 32.0. The highest BCUT2D eigenvalue weighted by atomic mass is 32.2. The fourth-order valence-electron chi connectivity index (χ4n) is 1.77. The second-order valence-electron chi connectivity index (χ2n) is 4.44. The molecule has 0 aliphatic carbocycles. The van der Waals surface area contributed by atoms with Crippen LogP contribution in [0.4, 0.5) is 5.69 Å². The Balaban J connectivity index is 2.39. The molecule has 0 aliphatic rings. The van der Waals surface area contributed by atoms with Crippen molar-refractivity contribution in [2.24, 2.45) is 0 Å². The summed E-state index contributed by atoms with van der Waals surface area (Å²) in [7, 11) is -2.57. The minimum atomic E-state index is -3.89. The molecule has 22 heavy (non-hydrogen) atoms. The summed E-state index contributed by atoms with van der Waals surface area (Å²) in [6.07, 6.45) is 0. The molecule has 1 aromatic heterocycles. The van der Waals surface area contributed by atoms with E-state index >= 15 is 0 Å². The first-order valence-corrected chi connectivity index (χ1v) is 7.69. The largest absolute Gasteiger partial charge is 0.495 e. The summed E-state index contributed by atoms with van der Waals surface area (Å²) in [6, 6.07) is 8.49. The molecule has 7 nitrogen and oxygen atoms in total. The fraction of sp³-hybridized carbons (Fsp3) is 0.143. The molecule has 2 N–H and O–H groups in total. The third-order valence-electron chi connectivity index (χ3n) is 2.83. The lowest BCUT2D eigenvalue weighted by Crippen LogP contribution is -2.15. The van der Waals surface area contributed by atoms with Crippen molar-refractivity contribution in [3.63, 3.8) is 0 Å². The zero-order chi connectivity index (χ0) is 16.3. The number of carbonyl (C=O) groups is 1. The molecule has 0 aliphatic heterocycles. The molecule has 1 aromatic carbocycles. The van der Waals surface area contributed by atoms with Crippen LogP contribution in [0, 0.1) is 6.92 Å². The van der Waals surface area contributed by atoms with Gasteiger partial charge in [0, 0.05) is 5.69 Å². The third-order valence-corrected chi connectivity index (χ3v) is 4.10. The van der Waals surface area contributed by atoms with Gasteiger partial charge in [0.2, 0.25) is 0 Å². The topological polar surface area (TPSA) is 106 Å². The van der Waals surface area contributed by atoms with Gasteiger partial charge in [-0.05, 0) is 37.3 Å². The normalized spacial score (nSPS) is 11.0. The highest BCUT2D eigenvalue weighted by Gasteiger charge is 2.19. The number of hydrogen-bond acceptors (Lipinski definition) is 5. The number of anilines is 1. The summed E-state index contributed by atoms with van der Waals surface area (Å²) in [5, 5.41) is 8.80. The second-order valence-corrected chi connectivity index (χ2v) is 6.07. The standard InChI is InChI=1S/C14H14N2O5S/c1-9-4-3-5-13(15-9)22(19,20)16-11-7-6-10(14(17)18)8-12(11)21-2/h3-8,16H,1-2H3,(H,17,18). The monoisotopic (exact) mass is 322 g/mol. The van der Waals surface area contributed by atoms with Gasteiger partial charge < -0.3 is 9.84 Å². The van der Waals surface area contributed by atoms with Gasteiger partial charge >= 0.3 is 5.97 Å². The Hall–Kier alpha value is -2.61. The minimum Gasteiger partial charge on any atom is -0.495 e. The maximum atomic E-state index is 12.3. The molecule has 0 saturated heterocycles. The number of sulfonamides is 1. The number of methoxy groups -OCH3 is 1. The molecule has 0 fully saturated rings. The van der Waals surface area contributed by atoms with E-state index in [4.69, 9.17) is 9.84 Å². The lowest BCUT2D eigenvalue weighted by molar-refractivity contribution is 0.0696. The number of ether oxygens (including phenoxy) is 1. The summed E-state index contributed by atoms with van der Waals surface area (Å²) in [5.74, 6) is -1.02. The predicted octanol–water partition coefficient (Wildman–Crippen LogP) is 1.90. The first-order chi connectivity index (χ1) is 10.3. The van der Waals surface area contributed by atoms with Crippen LogP contribution >= 0.6 is 0 Å². The van der Waals surface area contributed by atoms with Gasteiger partial charge in [-0.2, -0.15) is 8.42 Å². The van der Waals surface area contributed by atoms with E-state index in [0.717, 1.165) is 0 Å². The Bertz CT molecular complexity index is 818. The molecule has 0 unspecified atom stereocenters. The van der Waals surface area contributed by atoms with Gasteiger partial charge in [-0.3, -0.25) is 4.72 Å². The van der Waals surface area contributed by atoms with Gasteiger partial charge in [-0.1, -0.05) is 6.07 Å². The predicted molar refractivity (Wildman–Crippen MR) is 79.7 cm³/mol. The number of aryl methyl sites for hydroxylation is 1. The van der Waals surface area contributed by atoms with Crippen LogP contribution in [0.5, 0.6) is 5.75 Å². The molecular formula is C14H14N2O5S. The molecular weight excluding hydrogens is 308 g/mol. The summed E-state index contributed by atoms with van der Waals surface area (Å²) >= 11 is 0. The van der Waals surface area contributed by atoms with Crippen molar-refractivity contribution in [2.45, 2.75) is 11.9 Å². The van der Waals surface area contributed by atoms with Crippen molar-refractivity contribution in [3.8, 4) is 5.75 Å². The van der Waals surface area contributed by atoms with Crippen molar-refractivity contribution >= 4 is 21.7 Å². The Morgan fingerprint density at radius 3 is 2.59 bits per heavy atom. The van der Waals surface area contributed by atoms with Gasteiger partial charge in [0.05, 0.1) is 18.4 Å². The van der Waals surface area contributed by atoms with E-state index in [-0.39, 0.29) is 22.0 Å².